The first-order chi connectivity index (χ1) is 14.6. The van der Waals surface area contributed by atoms with Crippen LogP contribution in [0.1, 0.15) is 26.2 Å². The van der Waals surface area contributed by atoms with Crippen molar-refractivity contribution in [3.63, 3.8) is 0 Å². The fraction of sp³-hybridized carbons (Fsp3) is 0.889. The molecule has 13 heteroatoms. The van der Waals surface area contributed by atoms with Gasteiger partial charge in [0.2, 0.25) is 5.91 Å². The number of rotatable bonds is 5. The number of alkyl halides is 4. The number of hydrogen-bond acceptors (Lipinski definition) is 7. The second-order valence-electron chi connectivity index (χ2n) is 8.52. The Hall–Kier alpha value is -1.18. The Labute approximate surface area is 184 Å². The molecule has 1 saturated carbocycles. The molecular weight excluding hydrogens is 439 g/mol. The average Bonchev–Trinajstić information content (AvgIpc) is 3.25. The van der Waals surface area contributed by atoms with Crippen LogP contribution in [0.3, 0.4) is 0 Å². The largest absolute Gasteiger partial charge is 0.405 e. The van der Waals surface area contributed by atoms with E-state index in [0.29, 0.717) is 6.61 Å². The quantitative estimate of drug-likeness (QED) is 0.224. The van der Waals surface area contributed by atoms with Gasteiger partial charge in [0, 0.05) is 44.1 Å². The number of carbonyl (C=O) groups excluding carboxylic acids is 1. The predicted molar refractivity (Wildman–Crippen MR) is 110 cm³/mol. The van der Waals surface area contributed by atoms with Crippen molar-refractivity contribution in [3.8, 4) is 0 Å². The van der Waals surface area contributed by atoms with Crippen LogP contribution in [0.15, 0.2) is 4.99 Å². The summed E-state index contributed by atoms with van der Waals surface area (Å²) >= 11 is 6.26. The number of fused-ring (bicyclic) bond motifs is 1. The zero-order valence-corrected chi connectivity index (χ0v) is 18.6. The molecule has 178 valence electrons. The summed E-state index contributed by atoms with van der Waals surface area (Å²) in [5, 5.41) is 7.01. The molecule has 3 rings (SSSR count). The van der Waals surface area contributed by atoms with Gasteiger partial charge in [0.1, 0.15) is 12.2 Å². The number of hydrazine groups is 2. The fourth-order valence-electron chi connectivity index (χ4n) is 4.41. The lowest BCUT2D eigenvalue weighted by molar-refractivity contribution is -0.168. The topological polar surface area (TPSA) is 102 Å². The Bertz CT molecular complexity index is 669. The van der Waals surface area contributed by atoms with Gasteiger partial charge in [-0.15, -0.1) is 11.6 Å². The number of guanidine groups is 1. The van der Waals surface area contributed by atoms with E-state index in [0.717, 1.165) is 19.3 Å². The lowest BCUT2D eigenvalue weighted by Gasteiger charge is -2.29. The van der Waals surface area contributed by atoms with Gasteiger partial charge in [0.15, 0.2) is 5.96 Å². The van der Waals surface area contributed by atoms with Gasteiger partial charge < -0.3 is 10.1 Å². The van der Waals surface area contributed by atoms with Gasteiger partial charge in [-0.05, 0) is 26.2 Å². The number of nitrogens with one attached hydrogen (secondary N) is 5. The van der Waals surface area contributed by atoms with Gasteiger partial charge >= 0.3 is 6.18 Å². The van der Waals surface area contributed by atoms with Crippen LogP contribution in [0.4, 0.5) is 13.2 Å². The van der Waals surface area contributed by atoms with E-state index in [1.54, 1.807) is 7.11 Å². The van der Waals surface area contributed by atoms with E-state index in [2.05, 4.69) is 31.9 Å². The van der Waals surface area contributed by atoms with Crippen molar-refractivity contribution < 1.29 is 22.7 Å². The fourth-order valence-corrected chi connectivity index (χ4v) is 4.73. The molecule has 0 aromatic heterocycles. The number of nitrogens with zero attached hydrogens (tertiary/aromatic N) is 2. The lowest BCUT2D eigenvalue weighted by Crippen LogP contribution is -2.53. The highest BCUT2D eigenvalue weighted by Crippen LogP contribution is 2.33. The smallest absolute Gasteiger partial charge is 0.383 e. The molecule has 7 atom stereocenters. The van der Waals surface area contributed by atoms with Crippen molar-refractivity contribution in [1.29, 1.82) is 0 Å². The van der Waals surface area contributed by atoms with Crippen LogP contribution in [-0.2, 0) is 9.53 Å². The van der Waals surface area contributed by atoms with Crippen LogP contribution in [-0.4, -0.2) is 80.0 Å². The lowest BCUT2D eigenvalue weighted by atomic mass is 9.84. The Balaban J connectivity index is 1.74. The van der Waals surface area contributed by atoms with Crippen molar-refractivity contribution >= 4 is 23.5 Å². The molecule has 6 unspecified atom stereocenters. The summed E-state index contributed by atoms with van der Waals surface area (Å²) in [6, 6.07) is -2.01. The summed E-state index contributed by atoms with van der Waals surface area (Å²) in [7, 11) is 3.01. The summed E-state index contributed by atoms with van der Waals surface area (Å²) in [5.41, 5.74) is 8.62. The van der Waals surface area contributed by atoms with E-state index >= 15 is 0 Å². The molecule has 31 heavy (non-hydrogen) atoms. The third-order valence-electron chi connectivity index (χ3n) is 5.89. The van der Waals surface area contributed by atoms with E-state index in [4.69, 9.17) is 16.3 Å². The van der Waals surface area contributed by atoms with Crippen molar-refractivity contribution in [3.05, 3.63) is 0 Å². The number of aliphatic imine (C=N–C) groups is 1. The monoisotopic (exact) mass is 469 g/mol. The van der Waals surface area contributed by atoms with Crippen LogP contribution in [0.5, 0.6) is 0 Å². The van der Waals surface area contributed by atoms with E-state index in [9.17, 15) is 18.0 Å². The van der Waals surface area contributed by atoms with Gasteiger partial charge in [-0.3, -0.25) is 15.5 Å². The molecule has 9 nitrogen and oxygen atoms in total. The summed E-state index contributed by atoms with van der Waals surface area (Å²) in [4.78, 5) is 17.4. The summed E-state index contributed by atoms with van der Waals surface area (Å²) in [6.07, 6.45) is -2.37. The highest BCUT2D eigenvalue weighted by atomic mass is 35.5. The Morgan fingerprint density at radius 1 is 1.35 bits per heavy atom. The Morgan fingerprint density at radius 2 is 2.10 bits per heavy atom. The normalized spacial score (nSPS) is 35.6. The van der Waals surface area contributed by atoms with Crippen molar-refractivity contribution in [1.82, 2.24) is 31.9 Å². The predicted octanol–water partition coefficient (Wildman–Crippen LogP) is 0.290. The van der Waals surface area contributed by atoms with Gasteiger partial charge in [-0.1, -0.05) is 0 Å². The number of carbonyl (C=O) groups is 1. The number of halogens is 4. The highest BCUT2D eigenvalue weighted by molar-refractivity contribution is 6.20. The molecule has 5 N–H and O–H groups in total. The maximum absolute atomic E-state index is 13.4. The Kier molecular flexibility index (Phi) is 8.03. The molecule has 1 amide bonds. The van der Waals surface area contributed by atoms with Crippen LogP contribution < -0.4 is 26.9 Å². The second-order valence-corrected chi connectivity index (χ2v) is 9.13. The van der Waals surface area contributed by atoms with Crippen LogP contribution >= 0.6 is 11.6 Å². The van der Waals surface area contributed by atoms with Crippen LogP contribution in [0.25, 0.3) is 0 Å². The third kappa shape index (κ3) is 6.20. The molecule has 1 aliphatic carbocycles. The minimum absolute atomic E-state index is 0.0675. The van der Waals surface area contributed by atoms with Crippen molar-refractivity contribution in [2.24, 2.45) is 16.8 Å². The minimum atomic E-state index is -4.55. The summed E-state index contributed by atoms with van der Waals surface area (Å²) in [6.45, 7) is 2.10. The van der Waals surface area contributed by atoms with E-state index in [1.807, 2.05) is 6.92 Å². The van der Waals surface area contributed by atoms with Crippen LogP contribution in [0.2, 0.25) is 0 Å². The SMILES string of the molecule is COC[C@H](C)N/C(=N\C1NNC2CC(Cl)CCC21)NC(=O)C1CN(C)NC1C(F)(F)F. The molecule has 2 aliphatic heterocycles. The van der Waals surface area contributed by atoms with Crippen molar-refractivity contribution in [2.75, 3.05) is 27.3 Å². The molecule has 2 saturated heterocycles. The molecule has 0 aromatic carbocycles. The van der Waals surface area contributed by atoms with Gasteiger partial charge in [0.05, 0.1) is 12.5 Å². The van der Waals surface area contributed by atoms with Gasteiger partial charge in [0.25, 0.3) is 0 Å². The molecule has 0 aromatic rings. The minimum Gasteiger partial charge on any atom is -0.383 e. The number of amides is 1. The highest BCUT2D eigenvalue weighted by Gasteiger charge is 2.52. The molecule has 3 fully saturated rings. The molecule has 2 heterocycles. The number of methoxy groups -OCH3 is 1. The maximum Gasteiger partial charge on any atom is 0.405 e. The third-order valence-corrected chi connectivity index (χ3v) is 6.29. The summed E-state index contributed by atoms with van der Waals surface area (Å²) < 4.78 is 45.2. The zero-order chi connectivity index (χ0) is 22.8. The second kappa shape index (κ2) is 10.2. The molecular formula is C18H31ClF3N7O2. The first-order valence-electron chi connectivity index (χ1n) is 10.4. The van der Waals surface area contributed by atoms with E-state index in [-0.39, 0.29) is 42.0 Å². The summed E-state index contributed by atoms with van der Waals surface area (Å²) in [5.74, 6) is -1.76. The van der Waals surface area contributed by atoms with Gasteiger partial charge in [-0.25, -0.2) is 20.9 Å². The molecule has 0 spiro atoms. The first kappa shape index (κ1) is 24.5. The molecule has 3 aliphatic rings. The number of ether oxygens (including phenoxy) is 1. The molecule has 0 radical (unpaired) electrons. The van der Waals surface area contributed by atoms with Crippen LogP contribution in [0, 0.1) is 11.8 Å². The van der Waals surface area contributed by atoms with E-state index < -0.39 is 24.0 Å². The zero-order valence-electron chi connectivity index (χ0n) is 17.8. The first-order valence-corrected chi connectivity index (χ1v) is 10.9. The van der Waals surface area contributed by atoms with Gasteiger partial charge in [-0.2, -0.15) is 13.2 Å². The Morgan fingerprint density at radius 3 is 2.77 bits per heavy atom. The number of hydrogen-bond donors (Lipinski definition) is 5. The average molecular weight is 470 g/mol. The standard InChI is InChI=1S/C18H31ClF3N7O2/c1-9(8-31-3)23-17(24-15-11-5-4-10(19)6-13(11)26-27-15)25-16(30)12-7-29(2)28-14(12)18(20,21)22/h9-15,26-28H,4-8H2,1-3H3,(H2,23,24,25,30)/t9-,10?,11?,12?,13?,14?,15?/m0/s1. The molecule has 0 bridgehead atoms. The maximum atomic E-state index is 13.4. The van der Waals surface area contributed by atoms with Crippen molar-refractivity contribution in [2.45, 2.75) is 62.0 Å². The van der Waals surface area contributed by atoms with E-state index in [1.165, 1.54) is 12.1 Å².